The summed E-state index contributed by atoms with van der Waals surface area (Å²) in [6.07, 6.45) is 2.74. The molecule has 1 N–H and O–H groups in total. The van der Waals surface area contributed by atoms with Crippen molar-refractivity contribution in [2.24, 2.45) is 0 Å². The lowest BCUT2D eigenvalue weighted by Gasteiger charge is -2.11. The standard InChI is InChI=1S/C21H17ClN4O3/c1-3-24-19(27)14(12-23)11-16-20(29-15-7-8-17(22)13(2)10-15)25-18-6-4-5-9-26(18)21(16)28/h4-11H,3H2,1-2H3,(H,24,27). The van der Waals surface area contributed by atoms with Crippen LogP contribution < -0.4 is 15.6 Å². The number of ether oxygens (including phenoxy) is 1. The number of hydrogen-bond acceptors (Lipinski definition) is 5. The molecule has 0 fully saturated rings. The zero-order chi connectivity index (χ0) is 21.0. The van der Waals surface area contributed by atoms with Crippen molar-refractivity contribution in [3.05, 3.63) is 74.7 Å². The molecular weight excluding hydrogens is 392 g/mol. The van der Waals surface area contributed by atoms with Gasteiger partial charge in [0.2, 0.25) is 5.88 Å². The second-order valence-electron chi connectivity index (χ2n) is 6.11. The van der Waals surface area contributed by atoms with Gasteiger partial charge in [0.05, 0.1) is 0 Å². The van der Waals surface area contributed by atoms with Crippen LogP contribution in [0.1, 0.15) is 18.1 Å². The Morgan fingerprint density at radius 1 is 1.38 bits per heavy atom. The van der Waals surface area contributed by atoms with E-state index in [1.807, 2.05) is 13.0 Å². The van der Waals surface area contributed by atoms with Crippen molar-refractivity contribution in [3.8, 4) is 17.7 Å². The molecule has 0 aliphatic heterocycles. The molecule has 2 heterocycles. The second kappa shape index (κ2) is 8.59. The molecule has 0 radical (unpaired) electrons. The van der Waals surface area contributed by atoms with Crippen molar-refractivity contribution in [2.45, 2.75) is 13.8 Å². The lowest BCUT2D eigenvalue weighted by molar-refractivity contribution is -0.116. The van der Waals surface area contributed by atoms with Gasteiger partial charge in [-0.3, -0.25) is 14.0 Å². The SMILES string of the molecule is CCNC(=O)C(C#N)=Cc1c(Oc2ccc(Cl)c(C)c2)nc2ccccn2c1=O. The number of hydrogen-bond donors (Lipinski definition) is 1. The van der Waals surface area contributed by atoms with Gasteiger partial charge in [0, 0.05) is 17.8 Å². The second-order valence-corrected chi connectivity index (χ2v) is 6.51. The summed E-state index contributed by atoms with van der Waals surface area (Å²) in [6, 6.07) is 11.9. The molecule has 3 rings (SSSR count). The summed E-state index contributed by atoms with van der Waals surface area (Å²) in [7, 11) is 0. The number of aromatic nitrogens is 2. The van der Waals surface area contributed by atoms with Crippen LogP contribution >= 0.6 is 11.6 Å². The van der Waals surface area contributed by atoms with E-state index in [0.29, 0.717) is 23.0 Å². The molecule has 0 aliphatic carbocycles. The van der Waals surface area contributed by atoms with Gasteiger partial charge in [-0.2, -0.15) is 10.2 Å². The number of amides is 1. The van der Waals surface area contributed by atoms with E-state index in [4.69, 9.17) is 16.3 Å². The maximum Gasteiger partial charge on any atom is 0.269 e. The summed E-state index contributed by atoms with van der Waals surface area (Å²) < 4.78 is 7.17. The van der Waals surface area contributed by atoms with Crippen molar-refractivity contribution in [1.82, 2.24) is 14.7 Å². The van der Waals surface area contributed by atoms with Crippen LogP contribution in [0.25, 0.3) is 11.7 Å². The van der Waals surface area contributed by atoms with Crippen LogP contribution in [-0.4, -0.2) is 21.8 Å². The number of pyridine rings is 1. The summed E-state index contributed by atoms with van der Waals surface area (Å²) in [6.45, 7) is 3.90. The maximum absolute atomic E-state index is 13.0. The first-order chi connectivity index (χ1) is 13.9. The number of nitrogens with one attached hydrogen (secondary N) is 1. The molecule has 0 spiro atoms. The van der Waals surface area contributed by atoms with E-state index in [1.54, 1.807) is 49.5 Å². The molecule has 0 atom stereocenters. The number of aryl methyl sites for hydroxylation is 1. The topological polar surface area (TPSA) is 96.5 Å². The first kappa shape index (κ1) is 20.1. The van der Waals surface area contributed by atoms with Gasteiger partial charge >= 0.3 is 0 Å². The highest BCUT2D eigenvalue weighted by molar-refractivity contribution is 6.31. The van der Waals surface area contributed by atoms with Gasteiger partial charge in [-0.05, 0) is 55.8 Å². The third-order valence-corrected chi connectivity index (χ3v) is 4.49. The minimum absolute atomic E-state index is 0.0101. The normalized spacial score (nSPS) is 11.2. The first-order valence-electron chi connectivity index (χ1n) is 8.80. The Morgan fingerprint density at radius 3 is 2.86 bits per heavy atom. The Balaban J connectivity index is 2.20. The highest BCUT2D eigenvalue weighted by Gasteiger charge is 2.17. The third-order valence-electron chi connectivity index (χ3n) is 4.07. The molecular formula is C21H17ClN4O3. The van der Waals surface area contributed by atoms with E-state index in [0.717, 1.165) is 5.56 Å². The Hall–Kier alpha value is -3.63. The number of halogens is 1. The molecule has 0 saturated carbocycles. The van der Waals surface area contributed by atoms with Gasteiger partial charge in [-0.25, -0.2) is 0 Å². The largest absolute Gasteiger partial charge is 0.438 e. The van der Waals surface area contributed by atoms with Crippen molar-refractivity contribution in [1.29, 1.82) is 5.26 Å². The highest BCUT2D eigenvalue weighted by atomic mass is 35.5. The lowest BCUT2D eigenvalue weighted by Crippen LogP contribution is -2.25. The molecule has 3 aromatic rings. The quantitative estimate of drug-likeness (QED) is 0.515. The van der Waals surface area contributed by atoms with Crippen LogP contribution in [-0.2, 0) is 4.79 Å². The number of nitrogens with zero attached hydrogens (tertiary/aromatic N) is 3. The van der Waals surface area contributed by atoms with Gasteiger partial charge in [-0.15, -0.1) is 0 Å². The van der Waals surface area contributed by atoms with E-state index in [9.17, 15) is 14.9 Å². The van der Waals surface area contributed by atoms with Gasteiger partial charge in [0.25, 0.3) is 11.5 Å². The van der Waals surface area contributed by atoms with Crippen molar-refractivity contribution in [2.75, 3.05) is 6.54 Å². The minimum atomic E-state index is -0.583. The van der Waals surface area contributed by atoms with Crippen LogP contribution in [0, 0.1) is 18.3 Å². The van der Waals surface area contributed by atoms with Gasteiger partial charge in [0.15, 0.2) is 0 Å². The van der Waals surface area contributed by atoms with Crippen molar-refractivity contribution >= 4 is 29.2 Å². The fourth-order valence-electron chi connectivity index (χ4n) is 2.62. The summed E-state index contributed by atoms with van der Waals surface area (Å²) in [5.41, 5.74) is 0.460. The van der Waals surface area contributed by atoms with E-state index >= 15 is 0 Å². The van der Waals surface area contributed by atoms with Crippen molar-refractivity contribution < 1.29 is 9.53 Å². The number of fused-ring (bicyclic) bond motifs is 1. The van der Waals surface area contributed by atoms with Crippen LogP contribution in [0.15, 0.2) is 53.0 Å². The molecule has 0 aliphatic rings. The third kappa shape index (κ3) is 4.28. The van der Waals surface area contributed by atoms with E-state index in [-0.39, 0.29) is 17.0 Å². The van der Waals surface area contributed by atoms with E-state index in [2.05, 4.69) is 10.3 Å². The number of benzene rings is 1. The molecule has 1 aromatic carbocycles. The average molecular weight is 409 g/mol. The molecule has 2 aromatic heterocycles. The zero-order valence-electron chi connectivity index (χ0n) is 15.8. The van der Waals surface area contributed by atoms with Crippen LogP contribution in [0.5, 0.6) is 11.6 Å². The zero-order valence-corrected chi connectivity index (χ0v) is 16.5. The fraction of sp³-hybridized carbons (Fsp3) is 0.143. The summed E-state index contributed by atoms with van der Waals surface area (Å²) in [5, 5.41) is 12.5. The molecule has 8 heteroatoms. The maximum atomic E-state index is 13.0. The number of rotatable bonds is 5. The van der Waals surface area contributed by atoms with Gasteiger partial charge in [0.1, 0.15) is 28.6 Å². The Morgan fingerprint density at radius 2 is 2.17 bits per heavy atom. The van der Waals surface area contributed by atoms with Crippen molar-refractivity contribution in [3.63, 3.8) is 0 Å². The van der Waals surface area contributed by atoms with Gasteiger partial charge in [-0.1, -0.05) is 17.7 Å². The van der Waals surface area contributed by atoms with Crippen LogP contribution in [0.2, 0.25) is 5.02 Å². The Labute approximate surface area is 171 Å². The van der Waals surface area contributed by atoms with Crippen LogP contribution in [0.4, 0.5) is 0 Å². The highest BCUT2D eigenvalue weighted by Crippen LogP contribution is 2.27. The predicted molar refractivity (Wildman–Crippen MR) is 110 cm³/mol. The molecule has 0 unspecified atom stereocenters. The molecule has 0 bridgehead atoms. The van der Waals surface area contributed by atoms with Gasteiger partial charge < -0.3 is 10.1 Å². The molecule has 29 heavy (non-hydrogen) atoms. The smallest absolute Gasteiger partial charge is 0.269 e. The van der Waals surface area contributed by atoms with E-state index in [1.165, 1.54) is 10.5 Å². The molecule has 0 saturated heterocycles. The summed E-state index contributed by atoms with van der Waals surface area (Å²) in [5.74, 6) is -0.175. The number of nitriles is 1. The summed E-state index contributed by atoms with van der Waals surface area (Å²) >= 11 is 6.06. The fourth-order valence-corrected chi connectivity index (χ4v) is 2.74. The van der Waals surface area contributed by atoms with E-state index < -0.39 is 11.5 Å². The van der Waals surface area contributed by atoms with Crippen LogP contribution in [0.3, 0.4) is 0 Å². The molecule has 7 nitrogen and oxygen atoms in total. The Kier molecular flexibility index (Phi) is 5.96. The summed E-state index contributed by atoms with van der Waals surface area (Å²) in [4.78, 5) is 29.5. The number of likely N-dealkylation sites (N-methyl/N-ethyl adjacent to an activating group) is 1. The Bertz CT molecular complexity index is 1220. The predicted octanol–water partition coefficient (Wildman–Crippen LogP) is 3.49. The minimum Gasteiger partial charge on any atom is -0.438 e. The lowest BCUT2D eigenvalue weighted by atomic mass is 10.1. The number of carbonyl (C=O) groups is 1. The number of carbonyl (C=O) groups excluding carboxylic acids is 1. The monoisotopic (exact) mass is 408 g/mol. The average Bonchev–Trinajstić information content (AvgIpc) is 2.71. The first-order valence-corrected chi connectivity index (χ1v) is 9.17. The molecule has 1 amide bonds. The molecule has 146 valence electrons.